The van der Waals surface area contributed by atoms with E-state index in [1.807, 2.05) is 42.5 Å². The zero-order chi connectivity index (χ0) is 36.3. The lowest BCUT2D eigenvalue weighted by Gasteiger charge is -2.46. The first-order valence-electron chi connectivity index (χ1n) is 19.9. The van der Waals surface area contributed by atoms with Gasteiger partial charge in [0.25, 0.3) is 0 Å². The van der Waals surface area contributed by atoms with E-state index in [4.69, 9.17) is 9.47 Å². The highest BCUT2D eigenvalue weighted by Crippen LogP contribution is 2.59. The minimum absolute atomic E-state index is 0.00969. The quantitative estimate of drug-likeness (QED) is 0.188. The molecule has 5 atom stereocenters. The first-order valence-corrected chi connectivity index (χ1v) is 19.9. The number of ether oxygens (including phenoxy) is 2. The number of Topliss-reactive ketones (excluding diaryl/α,β-unsaturated/α-hetero) is 1. The standard InChI is InChI=1S/C45H57NO6/c1-31-10-8-23-44(2)41(39-21-17-32(26-36(47)19-16-31)27-40(39)42(48)34-12-4-3-5-13-34)22-24-45(44,50)30-46(29-38-15-9-25-51-38)43(49)52-37-20-18-33-11-6-7-14-35(33)28-37/h6-7,10-11,14,17-18,20-21,27-28,34,36,38,41,47,50H,3-5,8-9,12-13,15-16,19,22-26,29-30H2,1-2H3. The Morgan fingerprint density at radius 1 is 0.923 bits per heavy atom. The van der Waals surface area contributed by atoms with Crippen molar-refractivity contribution in [2.45, 2.75) is 127 Å². The lowest BCUT2D eigenvalue weighted by molar-refractivity contribution is -0.0831. The molecular formula is C45H57NO6. The molecule has 0 aromatic heterocycles. The molecule has 1 amide bonds. The summed E-state index contributed by atoms with van der Waals surface area (Å²) in [6.07, 6.45) is 12.8. The SMILES string of the molecule is CC1=CCCC2(C)C(CCC2(O)CN(CC2CCCO2)C(=O)Oc2ccc3ccccc3c2)c2ccc(cc2C(=O)C2CCCCC2)CC(O)CC1. The molecule has 3 fully saturated rings. The van der Waals surface area contributed by atoms with Gasteiger partial charge in [-0.25, -0.2) is 4.79 Å². The average molecular weight is 708 g/mol. The first kappa shape index (κ1) is 36.8. The largest absolute Gasteiger partial charge is 0.415 e. The number of allylic oxidation sites excluding steroid dienone is 2. The van der Waals surface area contributed by atoms with E-state index in [2.05, 4.69) is 38.1 Å². The number of carbonyl (C=O) groups excluding carboxylic acids is 2. The highest BCUT2D eigenvalue weighted by atomic mass is 16.6. The molecule has 5 aliphatic rings. The number of rotatable bonds is 7. The molecule has 1 saturated heterocycles. The van der Waals surface area contributed by atoms with Crippen molar-refractivity contribution >= 4 is 22.6 Å². The van der Waals surface area contributed by atoms with E-state index >= 15 is 0 Å². The average Bonchev–Trinajstić information content (AvgIpc) is 3.75. The third-order valence-corrected chi connectivity index (χ3v) is 13.0. The topological polar surface area (TPSA) is 96.3 Å². The minimum Gasteiger partial charge on any atom is -0.410 e. The maximum Gasteiger partial charge on any atom is 0.415 e. The first-order chi connectivity index (χ1) is 25.1. The van der Waals surface area contributed by atoms with E-state index in [1.54, 1.807) is 4.90 Å². The van der Waals surface area contributed by atoms with Gasteiger partial charge < -0.3 is 24.6 Å². The number of aliphatic hydroxyl groups excluding tert-OH is 1. The molecule has 5 unspecified atom stereocenters. The Labute approximate surface area is 309 Å². The molecule has 3 aromatic rings. The van der Waals surface area contributed by atoms with Crippen molar-refractivity contribution < 1.29 is 29.3 Å². The van der Waals surface area contributed by atoms with Crippen molar-refractivity contribution in [2.24, 2.45) is 11.3 Å². The van der Waals surface area contributed by atoms with Gasteiger partial charge in [0.2, 0.25) is 0 Å². The zero-order valence-electron chi connectivity index (χ0n) is 31.2. The van der Waals surface area contributed by atoms with E-state index in [1.165, 1.54) is 12.0 Å². The number of ketones is 1. The van der Waals surface area contributed by atoms with E-state index < -0.39 is 23.2 Å². The summed E-state index contributed by atoms with van der Waals surface area (Å²) >= 11 is 0. The number of amides is 1. The molecule has 0 radical (unpaired) electrons. The highest BCUT2D eigenvalue weighted by Gasteiger charge is 2.58. The minimum atomic E-state index is -1.24. The molecule has 52 heavy (non-hydrogen) atoms. The van der Waals surface area contributed by atoms with Gasteiger partial charge in [0.15, 0.2) is 5.78 Å². The van der Waals surface area contributed by atoms with Gasteiger partial charge in [-0.15, -0.1) is 0 Å². The summed E-state index contributed by atoms with van der Waals surface area (Å²) in [5, 5.41) is 26.1. The number of hydrogen-bond donors (Lipinski definition) is 2. The van der Waals surface area contributed by atoms with E-state index in [0.717, 1.165) is 78.8 Å². The Hall–Kier alpha value is -3.52. The number of benzene rings is 3. The molecule has 4 aliphatic carbocycles. The molecule has 2 saturated carbocycles. The summed E-state index contributed by atoms with van der Waals surface area (Å²) in [6, 6.07) is 19.9. The van der Waals surface area contributed by atoms with Gasteiger partial charge in [-0.3, -0.25) is 4.79 Å². The number of aliphatic hydroxyl groups is 2. The Morgan fingerprint density at radius 3 is 2.52 bits per heavy atom. The van der Waals surface area contributed by atoms with Crippen molar-refractivity contribution in [2.75, 3.05) is 19.7 Å². The van der Waals surface area contributed by atoms with Crippen LogP contribution < -0.4 is 4.74 Å². The maximum atomic E-state index is 14.4. The second-order valence-electron chi connectivity index (χ2n) is 16.5. The summed E-state index contributed by atoms with van der Waals surface area (Å²) in [6.45, 7) is 5.44. The summed E-state index contributed by atoms with van der Waals surface area (Å²) in [5.41, 5.74) is 2.12. The smallest absolute Gasteiger partial charge is 0.410 e. The fourth-order valence-corrected chi connectivity index (χ4v) is 9.75. The van der Waals surface area contributed by atoms with Crippen LogP contribution in [-0.4, -0.2) is 64.5 Å². The van der Waals surface area contributed by atoms with Crippen molar-refractivity contribution in [3.05, 3.63) is 89.0 Å². The number of carbonyl (C=O) groups is 2. The highest BCUT2D eigenvalue weighted by molar-refractivity contribution is 5.99. The maximum absolute atomic E-state index is 14.4. The van der Waals surface area contributed by atoms with Crippen LogP contribution in [-0.2, 0) is 11.2 Å². The number of hydrogen-bond acceptors (Lipinski definition) is 6. The van der Waals surface area contributed by atoms with Crippen LogP contribution >= 0.6 is 0 Å². The Morgan fingerprint density at radius 2 is 1.73 bits per heavy atom. The third-order valence-electron chi connectivity index (χ3n) is 13.0. The summed E-state index contributed by atoms with van der Waals surface area (Å²) < 4.78 is 12.1. The molecule has 0 spiro atoms. The normalized spacial score (nSPS) is 28.6. The van der Waals surface area contributed by atoms with Crippen molar-refractivity contribution in [3.8, 4) is 5.75 Å². The third kappa shape index (κ3) is 7.88. The second-order valence-corrected chi connectivity index (χ2v) is 16.5. The van der Waals surface area contributed by atoms with Gasteiger partial charge in [-0.05, 0) is 124 Å². The van der Waals surface area contributed by atoms with Gasteiger partial charge in [0.05, 0.1) is 30.9 Å². The zero-order valence-corrected chi connectivity index (χ0v) is 31.2. The predicted octanol–water partition coefficient (Wildman–Crippen LogP) is 9.32. The van der Waals surface area contributed by atoms with Gasteiger partial charge in [0.1, 0.15) is 5.75 Å². The second kappa shape index (κ2) is 15.8. The molecule has 1 aliphatic heterocycles. The molecule has 1 heterocycles. The lowest BCUT2D eigenvalue weighted by atomic mass is 9.64. The van der Waals surface area contributed by atoms with Crippen LogP contribution in [0.4, 0.5) is 4.79 Å². The molecule has 2 N–H and O–H groups in total. The fraction of sp³-hybridized carbons (Fsp3) is 0.556. The molecule has 3 aromatic carbocycles. The van der Waals surface area contributed by atoms with E-state index in [0.29, 0.717) is 51.0 Å². The Balaban J connectivity index is 1.24. The summed E-state index contributed by atoms with van der Waals surface area (Å²) in [5.74, 6) is 0.607. The molecule has 7 nitrogen and oxygen atoms in total. The van der Waals surface area contributed by atoms with Gasteiger partial charge in [-0.2, -0.15) is 0 Å². The molecule has 8 rings (SSSR count). The van der Waals surface area contributed by atoms with Crippen LogP contribution in [0.5, 0.6) is 5.75 Å². The Bertz CT molecular complexity index is 1770. The summed E-state index contributed by atoms with van der Waals surface area (Å²) in [7, 11) is 0. The van der Waals surface area contributed by atoms with Crippen LogP contribution in [0.1, 0.15) is 125 Å². The van der Waals surface area contributed by atoms with E-state index in [9.17, 15) is 19.8 Å². The van der Waals surface area contributed by atoms with Gasteiger partial charge >= 0.3 is 6.09 Å². The molecular weight excluding hydrogens is 650 g/mol. The Kier molecular flexibility index (Phi) is 11.2. The van der Waals surface area contributed by atoms with Gasteiger partial charge in [-0.1, -0.05) is 80.3 Å². The number of nitrogens with zero attached hydrogens (tertiary/aromatic N) is 1. The van der Waals surface area contributed by atoms with Crippen molar-refractivity contribution in [3.63, 3.8) is 0 Å². The molecule has 7 heteroatoms. The van der Waals surface area contributed by atoms with Crippen molar-refractivity contribution in [1.29, 1.82) is 0 Å². The van der Waals surface area contributed by atoms with Crippen molar-refractivity contribution in [1.82, 2.24) is 4.90 Å². The molecule has 278 valence electrons. The number of fused-ring (bicyclic) bond motifs is 9. The van der Waals surface area contributed by atoms with Crippen LogP contribution in [0.25, 0.3) is 10.8 Å². The fourth-order valence-electron chi connectivity index (χ4n) is 9.75. The monoisotopic (exact) mass is 707 g/mol. The molecule has 2 bridgehead atoms. The van der Waals surface area contributed by atoms with Crippen LogP contribution in [0.3, 0.4) is 0 Å². The van der Waals surface area contributed by atoms with Crippen LogP contribution in [0.2, 0.25) is 0 Å². The van der Waals surface area contributed by atoms with Crippen LogP contribution in [0.15, 0.2) is 72.3 Å². The van der Waals surface area contributed by atoms with Gasteiger partial charge in [0, 0.05) is 23.5 Å². The van der Waals surface area contributed by atoms with Crippen LogP contribution in [0, 0.1) is 11.3 Å². The predicted molar refractivity (Wildman–Crippen MR) is 205 cm³/mol. The summed E-state index contributed by atoms with van der Waals surface area (Å²) in [4.78, 5) is 30.3. The lowest BCUT2D eigenvalue weighted by Crippen LogP contribution is -2.55. The van der Waals surface area contributed by atoms with E-state index in [-0.39, 0.29) is 30.3 Å².